The van der Waals surface area contributed by atoms with Crippen molar-refractivity contribution >= 4 is 44.0 Å². The number of carbonyl (C=O) groups excluding carboxylic acids is 1. The summed E-state index contributed by atoms with van der Waals surface area (Å²) in [5.74, 6) is 1.20. The van der Waals surface area contributed by atoms with E-state index >= 15 is 0 Å². The molecular formula is C19H25N7O2S. The molecule has 3 aromatic heterocycles. The van der Waals surface area contributed by atoms with Gasteiger partial charge in [-0.2, -0.15) is 5.10 Å². The number of methoxy groups -OCH3 is 1. The fourth-order valence-corrected chi connectivity index (χ4v) is 4.68. The molecule has 1 amide bonds. The van der Waals surface area contributed by atoms with E-state index in [1.165, 1.54) is 11.3 Å². The van der Waals surface area contributed by atoms with Crippen LogP contribution in [0.15, 0.2) is 18.5 Å². The molecule has 0 spiro atoms. The van der Waals surface area contributed by atoms with Gasteiger partial charge in [0.1, 0.15) is 22.0 Å². The number of aryl methyl sites for hydroxylation is 1. The molecule has 4 rings (SSSR count). The molecule has 1 fully saturated rings. The summed E-state index contributed by atoms with van der Waals surface area (Å²) in [7, 11) is 3.45. The van der Waals surface area contributed by atoms with Gasteiger partial charge in [-0.15, -0.1) is 11.3 Å². The smallest absolute Gasteiger partial charge is 0.261 e. The Morgan fingerprint density at radius 3 is 2.97 bits per heavy atom. The predicted octanol–water partition coefficient (Wildman–Crippen LogP) is 2.19. The van der Waals surface area contributed by atoms with Crippen LogP contribution >= 0.6 is 11.3 Å². The summed E-state index contributed by atoms with van der Waals surface area (Å²) in [5.41, 5.74) is 13.9. The van der Waals surface area contributed by atoms with Gasteiger partial charge in [0.2, 0.25) is 0 Å². The van der Waals surface area contributed by atoms with Crippen LogP contribution in [-0.4, -0.2) is 46.9 Å². The van der Waals surface area contributed by atoms with Crippen molar-refractivity contribution in [3.05, 3.63) is 24.0 Å². The number of ether oxygens (including phenoxy) is 1. The van der Waals surface area contributed by atoms with Gasteiger partial charge in [-0.05, 0) is 19.3 Å². The highest BCUT2D eigenvalue weighted by molar-refractivity contribution is 7.23. The summed E-state index contributed by atoms with van der Waals surface area (Å²) in [6.07, 6.45) is 6.17. The third-order valence-electron chi connectivity index (χ3n) is 5.22. The number of nitrogens with one attached hydrogen (secondary N) is 1. The number of pyridine rings is 1. The topological polar surface area (TPSA) is 124 Å². The molecule has 0 bridgehead atoms. The molecule has 0 radical (unpaired) electrons. The number of hydrogen-bond donors (Lipinski definition) is 3. The standard InChI is InChI=1S/C19H25N7O2S/c1-25-19(26-6-3-4-11(20)5-7-26)13(10-23-25)24-18(27)15-16-14(29-17(15)21)8-12(28-2)9-22-16/h8-11H,3-7,20-21H2,1-2H3,(H,24,27)/t11-/m0/s1. The number of hydrogen-bond acceptors (Lipinski definition) is 8. The molecule has 10 heteroatoms. The lowest BCUT2D eigenvalue weighted by atomic mass is 10.1. The van der Waals surface area contributed by atoms with E-state index in [9.17, 15) is 4.79 Å². The Morgan fingerprint density at radius 2 is 2.17 bits per heavy atom. The Labute approximate surface area is 172 Å². The number of thiophene rings is 1. The van der Waals surface area contributed by atoms with Crippen molar-refractivity contribution in [2.24, 2.45) is 12.8 Å². The minimum absolute atomic E-state index is 0.214. The zero-order chi connectivity index (χ0) is 20.5. The second-order valence-corrected chi connectivity index (χ2v) is 8.28. The summed E-state index contributed by atoms with van der Waals surface area (Å²) in [4.78, 5) is 19.7. The highest BCUT2D eigenvalue weighted by Gasteiger charge is 2.24. The van der Waals surface area contributed by atoms with Crippen LogP contribution in [0.5, 0.6) is 5.75 Å². The number of carbonyl (C=O) groups is 1. The van der Waals surface area contributed by atoms with Crippen molar-refractivity contribution in [3.8, 4) is 5.75 Å². The minimum Gasteiger partial charge on any atom is -0.495 e. The van der Waals surface area contributed by atoms with Crippen LogP contribution in [0.3, 0.4) is 0 Å². The first-order chi connectivity index (χ1) is 14.0. The number of aromatic nitrogens is 3. The maximum atomic E-state index is 13.1. The van der Waals surface area contributed by atoms with Crippen molar-refractivity contribution in [3.63, 3.8) is 0 Å². The predicted molar refractivity (Wildman–Crippen MR) is 116 cm³/mol. The van der Waals surface area contributed by atoms with Gasteiger partial charge in [-0.1, -0.05) is 0 Å². The quantitative estimate of drug-likeness (QED) is 0.596. The molecule has 0 saturated carbocycles. The molecule has 1 saturated heterocycles. The zero-order valence-corrected chi connectivity index (χ0v) is 17.3. The molecule has 4 heterocycles. The number of nitrogens with zero attached hydrogens (tertiary/aromatic N) is 4. The van der Waals surface area contributed by atoms with E-state index in [4.69, 9.17) is 16.2 Å². The van der Waals surface area contributed by atoms with Gasteiger partial charge < -0.3 is 26.4 Å². The van der Waals surface area contributed by atoms with Crippen molar-refractivity contribution in [1.29, 1.82) is 0 Å². The number of fused-ring (bicyclic) bond motifs is 1. The molecule has 0 unspecified atom stereocenters. The third kappa shape index (κ3) is 3.73. The van der Waals surface area contributed by atoms with Gasteiger partial charge in [0, 0.05) is 32.2 Å². The fourth-order valence-electron chi connectivity index (χ4n) is 3.72. The maximum absolute atomic E-state index is 13.1. The number of nitrogen functional groups attached to an aromatic ring is 1. The molecule has 154 valence electrons. The second-order valence-electron chi connectivity index (χ2n) is 7.20. The van der Waals surface area contributed by atoms with Crippen LogP contribution in [0.1, 0.15) is 29.6 Å². The molecular weight excluding hydrogens is 390 g/mol. The maximum Gasteiger partial charge on any atom is 0.261 e. The molecule has 29 heavy (non-hydrogen) atoms. The Hall–Kier alpha value is -2.85. The van der Waals surface area contributed by atoms with E-state index in [-0.39, 0.29) is 11.9 Å². The van der Waals surface area contributed by atoms with Gasteiger partial charge in [0.15, 0.2) is 5.82 Å². The number of nitrogens with two attached hydrogens (primary N) is 2. The lowest BCUT2D eigenvalue weighted by molar-refractivity contribution is 0.102. The van der Waals surface area contributed by atoms with Gasteiger partial charge in [-0.3, -0.25) is 14.5 Å². The lowest BCUT2D eigenvalue weighted by Crippen LogP contribution is -2.29. The summed E-state index contributed by atoms with van der Waals surface area (Å²) < 4.78 is 7.80. The van der Waals surface area contributed by atoms with Gasteiger partial charge in [0.25, 0.3) is 5.91 Å². The molecule has 1 aliphatic rings. The van der Waals surface area contributed by atoms with E-state index < -0.39 is 0 Å². The summed E-state index contributed by atoms with van der Waals surface area (Å²) in [6.45, 7) is 1.70. The average Bonchev–Trinajstić information content (AvgIpc) is 3.13. The van der Waals surface area contributed by atoms with E-state index in [1.54, 1.807) is 24.2 Å². The van der Waals surface area contributed by atoms with Crippen LogP contribution < -0.4 is 26.4 Å². The Balaban J connectivity index is 1.63. The van der Waals surface area contributed by atoms with Crippen molar-refractivity contribution in [2.75, 3.05) is 36.1 Å². The lowest BCUT2D eigenvalue weighted by Gasteiger charge is -2.24. The first kappa shape index (κ1) is 19.5. The highest BCUT2D eigenvalue weighted by Crippen LogP contribution is 2.35. The van der Waals surface area contributed by atoms with Crippen LogP contribution in [-0.2, 0) is 7.05 Å². The molecule has 9 nitrogen and oxygen atoms in total. The van der Waals surface area contributed by atoms with Gasteiger partial charge >= 0.3 is 0 Å². The molecule has 1 atom stereocenters. The number of rotatable bonds is 4. The fraction of sp³-hybridized carbons (Fsp3) is 0.421. The van der Waals surface area contributed by atoms with Crippen LogP contribution in [0.25, 0.3) is 10.2 Å². The van der Waals surface area contributed by atoms with Crippen LogP contribution in [0.4, 0.5) is 16.5 Å². The minimum atomic E-state index is -0.299. The number of anilines is 3. The first-order valence-corrected chi connectivity index (χ1v) is 10.4. The molecule has 3 aromatic rings. The van der Waals surface area contributed by atoms with Crippen LogP contribution in [0.2, 0.25) is 0 Å². The Bertz CT molecular complexity index is 1040. The van der Waals surface area contributed by atoms with Crippen molar-refractivity contribution in [1.82, 2.24) is 14.8 Å². The summed E-state index contributed by atoms with van der Waals surface area (Å²) in [6, 6.07) is 2.04. The molecule has 0 aliphatic carbocycles. The Kier molecular flexibility index (Phi) is 5.29. The second kappa shape index (κ2) is 7.88. The van der Waals surface area contributed by atoms with Crippen LogP contribution in [0, 0.1) is 0 Å². The normalized spacial score (nSPS) is 17.3. The van der Waals surface area contributed by atoms with Crippen molar-refractivity contribution in [2.45, 2.75) is 25.3 Å². The van der Waals surface area contributed by atoms with E-state index in [1.807, 2.05) is 13.1 Å². The Morgan fingerprint density at radius 1 is 1.34 bits per heavy atom. The molecule has 5 N–H and O–H groups in total. The number of amides is 1. The highest BCUT2D eigenvalue weighted by atomic mass is 32.1. The average molecular weight is 416 g/mol. The van der Waals surface area contributed by atoms with Crippen molar-refractivity contribution < 1.29 is 9.53 Å². The van der Waals surface area contributed by atoms with E-state index in [2.05, 4.69) is 20.3 Å². The SMILES string of the molecule is COc1cnc2c(C(=O)Nc3cnn(C)c3N3CCC[C@H](N)CC3)c(N)sc2c1. The molecule has 0 aromatic carbocycles. The monoisotopic (exact) mass is 415 g/mol. The first-order valence-electron chi connectivity index (χ1n) is 9.53. The summed E-state index contributed by atoms with van der Waals surface area (Å²) in [5, 5.41) is 7.76. The van der Waals surface area contributed by atoms with E-state index in [0.29, 0.717) is 27.5 Å². The third-order valence-corrected chi connectivity index (χ3v) is 6.18. The van der Waals surface area contributed by atoms with E-state index in [0.717, 1.165) is 42.9 Å². The van der Waals surface area contributed by atoms with Gasteiger partial charge in [0.05, 0.1) is 29.7 Å². The molecule has 1 aliphatic heterocycles. The van der Waals surface area contributed by atoms with Gasteiger partial charge in [-0.25, -0.2) is 0 Å². The largest absolute Gasteiger partial charge is 0.495 e. The zero-order valence-electron chi connectivity index (χ0n) is 16.5. The summed E-state index contributed by atoms with van der Waals surface area (Å²) >= 11 is 1.32.